The molecule has 7 nitrogen and oxygen atoms in total. The van der Waals surface area contributed by atoms with E-state index in [1.807, 2.05) is 6.92 Å². The maximum Gasteiger partial charge on any atom is 0.435 e. The van der Waals surface area contributed by atoms with E-state index in [9.17, 15) is 4.79 Å². The van der Waals surface area contributed by atoms with E-state index in [-0.39, 0.29) is 0 Å². The molecule has 3 rings (SSSR count). The van der Waals surface area contributed by atoms with Crippen molar-refractivity contribution in [1.29, 1.82) is 0 Å². The van der Waals surface area contributed by atoms with Crippen LogP contribution in [-0.4, -0.2) is 98.3 Å². The number of carbonyl (C=O) groups is 1. The van der Waals surface area contributed by atoms with Crippen LogP contribution in [0.4, 0.5) is 4.79 Å². The molecule has 1 amide bonds. The standard InChI is InChI=1S/C20H36N4O3/c1-2-19(24-13-15-26-16-14-24)21-20(25)27-17-12-22-10-6-18(7-11-22)23-8-4-3-5-9-23/h18H,2-17H2,1H3. The van der Waals surface area contributed by atoms with Gasteiger partial charge >= 0.3 is 6.09 Å². The first kappa shape index (κ1) is 20.6. The zero-order valence-corrected chi connectivity index (χ0v) is 16.9. The second kappa shape index (κ2) is 11.0. The summed E-state index contributed by atoms with van der Waals surface area (Å²) in [6.07, 6.45) is 6.88. The lowest BCUT2D eigenvalue weighted by molar-refractivity contribution is 0.0666. The minimum atomic E-state index is -0.457. The Balaban J connectivity index is 1.33. The van der Waals surface area contributed by atoms with E-state index < -0.39 is 6.09 Å². The molecule has 0 N–H and O–H groups in total. The van der Waals surface area contributed by atoms with Crippen LogP contribution in [0.5, 0.6) is 0 Å². The van der Waals surface area contributed by atoms with E-state index in [0.29, 0.717) is 19.8 Å². The van der Waals surface area contributed by atoms with Crippen molar-refractivity contribution in [3.8, 4) is 0 Å². The number of piperidine rings is 2. The first-order valence-electron chi connectivity index (χ1n) is 10.8. The number of aliphatic imine (C=N–C) groups is 1. The zero-order chi connectivity index (χ0) is 18.9. The third-order valence-corrected chi connectivity index (χ3v) is 6.01. The van der Waals surface area contributed by atoms with Gasteiger partial charge in [-0.1, -0.05) is 13.3 Å². The summed E-state index contributed by atoms with van der Waals surface area (Å²) in [5.41, 5.74) is 0. The van der Waals surface area contributed by atoms with Gasteiger partial charge in [0.25, 0.3) is 0 Å². The summed E-state index contributed by atoms with van der Waals surface area (Å²) in [5, 5.41) is 0. The minimum absolute atomic E-state index is 0.427. The molecule has 0 spiro atoms. The Bertz CT molecular complexity index is 480. The fourth-order valence-electron chi connectivity index (χ4n) is 4.39. The van der Waals surface area contributed by atoms with Gasteiger partial charge in [-0.2, -0.15) is 4.99 Å². The van der Waals surface area contributed by atoms with Crippen molar-refractivity contribution >= 4 is 11.9 Å². The second-order valence-corrected chi connectivity index (χ2v) is 7.76. The average molecular weight is 381 g/mol. The van der Waals surface area contributed by atoms with Crippen molar-refractivity contribution in [3.63, 3.8) is 0 Å². The Hall–Kier alpha value is -1.18. The summed E-state index contributed by atoms with van der Waals surface area (Å²) in [4.78, 5) is 23.5. The average Bonchev–Trinajstić information content (AvgIpc) is 2.74. The molecule has 0 aromatic carbocycles. The third-order valence-electron chi connectivity index (χ3n) is 6.01. The summed E-state index contributed by atoms with van der Waals surface area (Å²) in [7, 11) is 0. The monoisotopic (exact) mass is 380 g/mol. The minimum Gasteiger partial charge on any atom is -0.447 e. The summed E-state index contributed by atoms with van der Waals surface area (Å²) in [6.45, 7) is 11.0. The molecule has 7 heteroatoms. The van der Waals surface area contributed by atoms with Gasteiger partial charge in [0.15, 0.2) is 0 Å². The number of likely N-dealkylation sites (tertiary alicyclic amines) is 2. The number of morpholine rings is 1. The molecule has 0 atom stereocenters. The van der Waals surface area contributed by atoms with Gasteiger partial charge in [-0.25, -0.2) is 4.79 Å². The summed E-state index contributed by atoms with van der Waals surface area (Å²) in [6, 6.07) is 0.759. The molecule has 3 aliphatic rings. The Kier molecular flexibility index (Phi) is 8.35. The molecule has 0 bridgehead atoms. The molecule has 0 aromatic heterocycles. The lowest BCUT2D eigenvalue weighted by Gasteiger charge is -2.40. The first-order chi connectivity index (χ1) is 13.3. The Morgan fingerprint density at radius 3 is 2.41 bits per heavy atom. The van der Waals surface area contributed by atoms with E-state index in [1.54, 1.807) is 0 Å². The van der Waals surface area contributed by atoms with Gasteiger partial charge in [-0.05, 0) is 51.9 Å². The normalized spacial score (nSPS) is 24.2. The lowest BCUT2D eigenvalue weighted by atomic mass is 10.00. The van der Waals surface area contributed by atoms with Crippen LogP contribution in [0.2, 0.25) is 0 Å². The highest BCUT2D eigenvalue weighted by Crippen LogP contribution is 2.20. The van der Waals surface area contributed by atoms with E-state index in [1.165, 1.54) is 45.2 Å². The molecule has 3 heterocycles. The van der Waals surface area contributed by atoms with Gasteiger partial charge in [-0.3, -0.25) is 4.90 Å². The molecule has 0 unspecified atom stereocenters. The quantitative estimate of drug-likeness (QED) is 0.538. The van der Waals surface area contributed by atoms with Crippen LogP contribution in [-0.2, 0) is 9.47 Å². The smallest absolute Gasteiger partial charge is 0.435 e. The van der Waals surface area contributed by atoms with Crippen LogP contribution in [0.1, 0.15) is 45.4 Å². The van der Waals surface area contributed by atoms with Crippen molar-refractivity contribution < 1.29 is 14.3 Å². The molecular weight excluding hydrogens is 344 g/mol. The Morgan fingerprint density at radius 2 is 1.74 bits per heavy atom. The van der Waals surface area contributed by atoms with Crippen LogP contribution in [0.25, 0.3) is 0 Å². The van der Waals surface area contributed by atoms with Gasteiger partial charge in [-0.15, -0.1) is 0 Å². The van der Waals surface area contributed by atoms with E-state index in [4.69, 9.17) is 9.47 Å². The highest BCUT2D eigenvalue weighted by molar-refractivity contribution is 5.91. The van der Waals surface area contributed by atoms with Crippen molar-refractivity contribution in [2.45, 2.75) is 51.5 Å². The third kappa shape index (κ3) is 6.43. The number of hydrogen-bond donors (Lipinski definition) is 0. The van der Waals surface area contributed by atoms with Crippen LogP contribution in [0.3, 0.4) is 0 Å². The van der Waals surface area contributed by atoms with E-state index >= 15 is 0 Å². The highest BCUT2D eigenvalue weighted by atomic mass is 16.5. The molecule has 0 saturated carbocycles. The van der Waals surface area contributed by atoms with Gasteiger partial charge in [0.1, 0.15) is 12.4 Å². The Labute approximate surface area is 163 Å². The van der Waals surface area contributed by atoms with Crippen LogP contribution < -0.4 is 0 Å². The molecule has 27 heavy (non-hydrogen) atoms. The van der Waals surface area contributed by atoms with Crippen molar-refractivity contribution in [2.75, 3.05) is 65.6 Å². The molecule has 0 aliphatic carbocycles. The number of hydrogen-bond acceptors (Lipinski definition) is 5. The molecule has 154 valence electrons. The first-order valence-corrected chi connectivity index (χ1v) is 10.8. The molecule has 3 fully saturated rings. The summed E-state index contributed by atoms with van der Waals surface area (Å²) < 4.78 is 10.7. The number of nitrogens with zero attached hydrogens (tertiary/aromatic N) is 4. The number of ether oxygens (including phenoxy) is 2. The summed E-state index contributed by atoms with van der Waals surface area (Å²) in [5.74, 6) is 0.811. The zero-order valence-electron chi connectivity index (χ0n) is 16.9. The molecule has 0 radical (unpaired) electrons. The van der Waals surface area contributed by atoms with Crippen molar-refractivity contribution in [3.05, 3.63) is 0 Å². The fraction of sp³-hybridized carbons (Fsp3) is 0.900. The van der Waals surface area contributed by atoms with Gasteiger partial charge < -0.3 is 19.3 Å². The van der Waals surface area contributed by atoms with Crippen LogP contribution in [0, 0.1) is 0 Å². The summed E-state index contributed by atoms with van der Waals surface area (Å²) >= 11 is 0. The number of amides is 1. The van der Waals surface area contributed by atoms with E-state index in [0.717, 1.165) is 51.0 Å². The molecular formula is C20H36N4O3. The van der Waals surface area contributed by atoms with Crippen LogP contribution in [0.15, 0.2) is 4.99 Å². The predicted molar refractivity (Wildman–Crippen MR) is 106 cm³/mol. The molecule has 0 aromatic rings. The topological polar surface area (TPSA) is 57.6 Å². The molecule has 3 aliphatic heterocycles. The second-order valence-electron chi connectivity index (χ2n) is 7.76. The van der Waals surface area contributed by atoms with E-state index in [2.05, 4.69) is 19.7 Å². The number of amidine groups is 1. The van der Waals surface area contributed by atoms with Gasteiger partial charge in [0.05, 0.1) is 13.2 Å². The highest BCUT2D eigenvalue weighted by Gasteiger charge is 2.25. The lowest BCUT2D eigenvalue weighted by Crippen LogP contribution is -2.47. The SMILES string of the molecule is CCC(=NC(=O)OCCN1CCC(N2CCCCC2)CC1)N1CCOCC1. The number of rotatable bonds is 5. The van der Waals surface area contributed by atoms with Gasteiger partial charge in [0, 0.05) is 32.1 Å². The van der Waals surface area contributed by atoms with Crippen molar-refractivity contribution in [1.82, 2.24) is 14.7 Å². The van der Waals surface area contributed by atoms with Gasteiger partial charge in [0.2, 0.25) is 0 Å². The largest absolute Gasteiger partial charge is 0.447 e. The fourth-order valence-corrected chi connectivity index (χ4v) is 4.39. The number of carbonyl (C=O) groups excluding carboxylic acids is 1. The molecule has 3 saturated heterocycles. The van der Waals surface area contributed by atoms with Crippen LogP contribution >= 0.6 is 0 Å². The predicted octanol–water partition coefficient (Wildman–Crippen LogP) is 2.21. The Morgan fingerprint density at radius 1 is 1.04 bits per heavy atom. The maximum atomic E-state index is 12.1. The maximum absolute atomic E-state index is 12.1. The van der Waals surface area contributed by atoms with Crippen molar-refractivity contribution in [2.24, 2.45) is 4.99 Å².